The number of sulfone groups is 1. The molecular formula is C9H20N2O2S. The highest BCUT2D eigenvalue weighted by molar-refractivity contribution is 7.90. The molecule has 2 atom stereocenters. The summed E-state index contributed by atoms with van der Waals surface area (Å²) in [5, 5.41) is 3.29. The SMILES string of the molecule is CS(=O)(=O)CCC1CNCCC1CN. The molecule has 14 heavy (non-hydrogen) atoms. The van der Waals surface area contributed by atoms with Crippen LogP contribution >= 0.6 is 0 Å². The first kappa shape index (κ1) is 11.9. The van der Waals surface area contributed by atoms with Gasteiger partial charge in [-0.2, -0.15) is 0 Å². The van der Waals surface area contributed by atoms with Crippen LogP contribution in [0.5, 0.6) is 0 Å². The molecule has 0 saturated carbocycles. The molecule has 1 rings (SSSR count). The van der Waals surface area contributed by atoms with Crippen LogP contribution in [0.3, 0.4) is 0 Å². The van der Waals surface area contributed by atoms with E-state index in [0.29, 0.717) is 18.4 Å². The lowest BCUT2D eigenvalue weighted by molar-refractivity contribution is 0.255. The van der Waals surface area contributed by atoms with E-state index in [0.717, 1.165) is 25.9 Å². The molecule has 1 aliphatic heterocycles. The third kappa shape index (κ3) is 3.94. The summed E-state index contributed by atoms with van der Waals surface area (Å²) in [5.41, 5.74) is 5.66. The summed E-state index contributed by atoms with van der Waals surface area (Å²) in [5.74, 6) is 1.22. The van der Waals surface area contributed by atoms with Gasteiger partial charge in [0.2, 0.25) is 0 Å². The summed E-state index contributed by atoms with van der Waals surface area (Å²) in [4.78, 5) is 0. The second kappa shape index (κ2) is 5.09. The van der Waals surface area contributed by atoms with E-state index in [9.17, 15) is 8.42 Å². The molecule has 1 fully saturated rings. The Morgan fingerprint density at radius 1 is 1.43 bits per heavy atom. The summed E-state index contributed by atoms with van der Waals surface area (Å²) in [6.07, 6.45) is 3.11. The van der Waals surface area contributed by atoms with Gasteiger partial charge in [0.25, 0.3) is 0 Å². The smallest absolute Gasteiger partial charge is 0.147 e. The number of rotatable bonds is 4. The van der Waals surface area contributed by atoms with E-state index in [1.807, 2.05) is 0 Å². The molecule has 0 spiro atoms. The van der Waals surface area contributed by atoms with Crippen molar-refractivity contribution in [1.82, 2.24) is 5.32 Å². The summed E-state index contributed by atoms with van der Waals surface area (Å²) in [6, 6.07) is 0. The Morgan fingerprint density at radius 3 is 2.71 bits per heavy atom. The van der Waals surface area contributed by atoms with Crippen molar-refractivity contribution in [2.45, 2.75) is 12.8 Å². The first-order valence-electron chi connectivity index (χ1n) is 5.11. The second-order valence-corrected chi connectivity index (χ2v) is 6.43. The molecule has 0 aromatic carbocycles. The Kier molecular flexibility index (Phi) is 4.34. The first-order valence-corrected chi connectivity index (χ1v) is 7.17. The quantitative estimate of drug-likeness (QED) is 0.676. The minimum Gasteiger partial charge on any atom is -0.330 e. The molecule has 1 aliphatic rings. The van der Waals surface area contributed by atoms with Gasteiger partial charge in [-0.1, -0.05) is 0 Å². The zero-order valence-electron chi connectivity index (χ0n) is 8.70. The van der Waals surface area contributed by atoms with Crippen molar-refractivity contribution < 1.29 is 8.42 Å². The normalized spacial score (nSPS) is 29.0. The van der Waals surface area contributed by atoms with Crippen molar-refractivity contribution in [2.75, 3.05) is 31.6 Å². The van der Waals surface area contributed by atoms with Crippen LogP contribution in [-0.2, 0) is 9.84 Å². The van der Waals surface area contributed by atoms with Crippen LogP contribution in [0.2, 0.25) is 0 Å². The molecule has 4 nitrogen and oxygen atoms in total. The third-order valence-electron chi connectivity index (χ3n) is 2.93. The Morgan fingerprint density at radius 2 is 2.14 bits per heavy atom. The highest BCUT2D eigenvalue weighted by Gasteiger charge is 2.24. The fourth-order valence-corrected chi connectivity index (χ4v) is 2.72. The fraction of sp³-hybridized carbons (Fsp3) is 1.00. The van der Waals surface area contributed by atoms with Gasteiger partial charge in [-0.05, 0) is 44.3 Å². The number of nitrogens with one attached hydrogen (secondary N) is 1. The summed E-state index contributed by atoms with van der Waals surface area (Å²) in [7, 11) is -2.82. The number of piperidine rings is 1. The van der Waals surface area contributed by atoms with Crippen molar-refractivity contribution in [1.29, 1.82) is 0 Å². The van der Waals surface area contributed by atoms with Gasteiger partial charge in [-0.15, -0.1) is 0 Å². The van der Waals surface area contributed by atoms with Crippen LogP contribution in [0, 0.1) is 11.8 Å². The Balaban J connectivity index is 2.41. The molecule has 2 unspecified atom stereocenters. The molecule has 0 aliphatic carbocycles. The maximum Gasteiger partial charge on any atom is 0.147 e. The average Bonchev–Trinajstić information content (AvgIpc) is 2.14. The summed E-state index contributed by atoms with van der Waals surface area (Å²) < 4.78 is 22.0. The summed E-state index contributed by atoms with van der Waals surface area (Å²) >= 11 is 0. The number of hydrogen-bond donors (Lipinski definition) is 2. The van der Waals surface area contributed by atoms with Crippen LogP contribution in [0.1, 0.15) is 12.8 Å². The highest BCUT2D eigenvalue weighted by Crippen LogP contribution is 2.21. The molecule has 0 aromatic heterocycles. The number of nitrogens with two attached hydrogens (primary N) is 1. The van der Waals surface area contributed by atoms with Crippen molar-refractivity contribution >= 4 is 9.84 Å². The van der Waals surface area contributed by atoms with Gasteiger partial charge >= 0.3 is 0 Å². The van der Waals surface area contributed by atoms with Gasteiger partial charge in [0.15, 0.2) is 0 Å². The lowest BCUT2D eigenvalue weighted by atomic mass is 9.85. The maximum atomic E-state index is 11.0. The van der Waals surface area contributed by atoms with Gasteiger partial charge in [0, 0.05) is 6.26 Å². The molecule has 5 heteroatoms. The van der Waals surface area contributed by atoms with E-state index >= 15 is 0 Å². The first-order chi connectivity index (χ1) is 6.53. The standard InChI is InChI=1S/C9H20N2O2S/c1-14(12,13)5-3-9-7-11-4-2-8(9)6-10/h8-9,11H,2-7,10H2,1H3. The van der Waals surface area contributed by atoms with Gasteiger partial charge in [-0.3, -0.25) is 0 Å². The average molecular weight is 220 g/mol. The predicted octanol–water partition coefficient (Wildman–Crippen LogP) is -0.394. The minimum atomic E-state index is -2.82. The van der Waals surface area contributed by atoms with E-state index in [4.69, 9.17) is 5.73 Å². The van der Waals surface area contributed by atoms with Crippen LogP contribution in [-0.4, -0.2) is 40.1 Å². The van der Waals surface area contributed by atoms with E-state index in [-0.39, 0.29) is 5.75 Å². The molecular weight excluding hydrogens is 200 g/mol. The molecule has 1 heterocycles. The third-order valence-corrected chi connectivity index (χ3v) is 3.90. The summed E-state index contributed by atoms with van der Waals surface area (Å²) in [6.45, 7) is 2.60. The fourth-order valence-electron chi connectivity index (χ4n) is 1.99. The lowest BCUT2D eigenvalue weighted by Gasteiger charge is -2.31. The lowest BCUT2D eigenvalue weighted by Crippen LogP contribution is -2.40. The molecule has 0 aromatic rings. The van der Waals surface area contributed by atoms with Gasteiger partial charge in [-0.25, -0.2) is 8.42 Å². The molecule has 1 saturated heterocycles. The molecule has 0 bridgehead atoms. The molecule has 84 valence electrons. The topological polar surface area (TPSA) is 72.2 Å². The van der Waals surface area contributed by atoms with Crippen LogP contribution < -0.4 is 11.1 Å². The molecule has 0 radical (unpaired) electrons. The van der Waals surface area contributed by atoms with Crippen LogP contribution in [0.4, 0.5) is 0 Å². The van der Waals surface area contributed by atoms with E-state index < -0.39 is 9.84 Å². The second-order valence-electron chi connectivity index (χ2n) is 4.17. The van der Waals surface area contributed by atoms with E-state index in [2.05, 4.69) is 5.32 Å². The zero-order chi connectivity index (χ0) is 10.6. The van der Waals surface area contributed by atoms with Crippen LogP contribution in [0.15, 0.2) is 0 Å². The Bertz CT molecular complexity index is 264. The maximum absolute atomic E-state index is 11.0. The largest absolute Gasteiger partial charge is 0.330 e. The van der Waals surface area contributed by atoms with Crippen LogP contribution in [0.25, 0.3) is 0 Å². The molecule has 3 N–H and O–H groups in total. The molecule has 0 amide bonds. The van der Waals surface area contributed by atoms with Crippen molar-refractivity contribution in [3.8, 4) is 0 Å². The van der Waals surface area contributed by atoms with Gasteiger partial charge in [0.05, 0.1) is 5.75 Å². The van der Waals surface area contributed by atoms with Crippen molar-refractivity contribution in [3.63, 3.8) is 0 Å². The van der Waals surface area contributed by atoms with E-state index in [1.54, 1.807) is 0 Å². The van der Waals surface area contributed by atoms with Gasteiger partial charge < -0.3 is 11.1 Å². The van der Waals surface area contributed by atoms with E-state index in [1.165, 1.54) is 6.26 Å². The Labute approximate surface area is 86.2 Å². The predicted molar refractivity (Wildman–Crippen MR) is 57.8 cm³/mol. The van der Waals surface area contributed by atoms with Gasteiger partial charge in [0.1, 0.15) is 9.84 Å². The highest BCUT2D eigenvalue weighted by atomic mass is 32.2. The van der Waals surface area contributed by atoms with Crippen molar-refractivity contribution in [3.05, 3.63) is 0 Å². The Hall–Kier alpha value is -0.130. The van der Waals surface area contributed by atoms with Crippen molar-refractivity contribution in [2.24, 2.45) is 17.6 Å². The monoisotopic (exact) mass is 220 g/mol. The minimum absolute atomic E-state index is 0.288. The number of hydrogen-bond acceptors (Lipinski definition) is 4. The zero-order valence-corrected chi connectivity index (χ0v) is 9.52.